The molecule has 0 saturated heterocycles. The number of ether oxygens (including phenoxy) is 1. The van der Waals surface area contributed by atoms with Crippen molar-refractivity contribution in [1.82, 2.24) is 5.32 Å². The van der Waals surface area contributed by atoms with Crippen LogP contribution in [0.4, 0.5) is 0 Å². The van der Waals surface area contributed by atoms with Crippen molar-refractivity contribution in [1.29, 1.82) is 0 Å². The van der Waals surface area contributed by atoms with Crippen LogP contribution in [-0.4, -0.2) is 31.5 Å². The molecule has 13 heavy (non-hydrogen) atoms. The van der Waals surface area contributed by atoms with Crippen LogP contribution in [0.15, 0.2) is 0 Å². The van der Waals surface area contributed by atoms with Gasteiger partial charge in [-0.05, 0) is 19.8 Å². The lowest BCUT2D eigenvalue weighted by atomic mass is 10.2. The van der Waals surface area contributed by atoms with Crippen LogP contribution in [0, 0.1) is 0 Å². The Balaban J connectivity index is 3.08. The summed E-state index contributed by atoms with van der Waals surface area (Å²) >= 11 is 5.50. The molecule has 0 heterocycles. The Morgan fingerprint density at radius 1 is 1.38 bits per heavy atom. The smallest absolute Gasteiger partial charge is 0.245 e. The molecular formula is C9H18ClNO2. The van der Waals surface area contributed by atoms with Gasteiger partial charge in [0.05, 0.1) is 0 Å². The molecule has 1 amide bonds. The van der Waals surface area contributed by atoms with E-state index in [1.165, 1.54) is 0 Å². The molecule has 4 heteroatoms. The number of hydrogen-bond acceptors (Lipinski definition) is 2. The van der Waals surface area contributed by atoms with Crippen molar-refractivity contribution in [3.63, 3.8) is 0 Å². The highest BCUT2D eigenvalue weighted by molar-refractivity contribution is 6.17. The number of halogens is 1. The van der Waals surface area contributed by atoms with Gasteiger partial charge in [-0.3, -0.25) is 4.79 Å². The monoisotopic (exact) mass is 207 g/mol. The molecule has 0 fully saturated rings. The molecule has 0 saturated carbocycles. The van der Waals surface area contributed by atoms with Crippen LogP contribution in [0.1, 0.15) is 26.2 Å². The highest BCUT2D eigenvalue weighted by Gasteiger charge is 1.98. The maximum Gasteiger partial charge on any atom is 0.245 e. The fourth-order valence-electron chi connectivity index (χ4n) is 0.870. The predicted octanol–water partition coefficient (Wildman–Crippen LogP) is 1.55. The molecule has 0 aromatic heterocycles. The Morgan fingerprint density at radius 2 is 2.15 bits per heavy atom. The lowest BCUT2D eigenvalue weighted by molar-refractivity contribution is -0.125. The summed E-state index contributed by atoms with van der Waals surface area (Å²) in [6.45, 7) is 3.35. The number of alkyl halides is 1. The zero-order chi connectivity index (χ0) is 9.94. The molecule has 0 aliphatic rings. The van der Waals surface area contributed by atoms with Gasteiger partial charge in [0.1, 0.15) is 6.61 Å². The Bertz CT molecular complexity index is 131. The SMILES string of the molecule is CCOCC(=O)NCCCCCCl. The Morgan fingerprint density at radius 3 is 2.77 bits per heavy atom. The second-order valence-electron chi connectivity index (χ2n) is 2.74. The van der Waals surface area contributed by atoms with Gasteiger partial charge >= 0.3 is 0 Å². The van der Waals surface area contributed by atoms with E-state index in [-0.39, 0.29) is 12.5 Å². The topological polar surface area (TPSA) is 38.3 Å². The van der Waals surface area contributed by atoms with E-state index in [4.69, 9.17) is 16.3 Å². The first kappa shape index (κ1) is 12.7. The molecule has 0 bridgehead atoms. The largest absolute Gasteiger partial charge is 0.372 e. The molecule has 0 aliphatic carbocycles. The third-order valence-electron chi connectivity index (χ3n) is 1.57. The van der Waals surface area contributed by atoms with E-state index in [2.05, 4.69) is 5.32 Å². The quantitative estimate of drug-likeness (QED) is 0.485. The summed E-state index contributed by atoms with van der Waals surface area (Å²) in [6.07, 6.45) is 3.08. The Labute approximate surface area is 84.8 Å². The van der Waals surface area contributed by atoms with Crippen LogP contribution in [0.2, 0.25) is 0 Å². The van der Waals surface area contributed by atoms with E-state index in [0.29, 0.717) is 12.5 Å². The second-order valence-corrected chi connectivity index (χ2v) is 3.11. The molecule has 0 aliphatic heterocycles. The van der Waals surface area contributed by atoms with Crippen LogP contribution in [0.3, 0.4) is 0 Å². The molecular weight excluding hydrogens is 190 g/mol. The van der Waals surface area contributed by atoms with E-state index in [9.17, 15) is 4.79 Å². The minimum absolute atomic E-state index is 0.0345. The number of nitrogens with one attached hydrogen (secondary N) is 1. The van der Waals surface area contributed by atoms with Crippen molar-refractivity contribution >= 4 is 17.5 Å². The number of hydrogen-bond donors (Lipinski definition) is 1. The van der Waals surface area contributed by atoms with Gasteiger partial charge in [0.25, 0.3) is 0 Å². The maximum atomic E-state index is 11.0. The molecule has 78 valence electrons. The van der Waals surface area contributed by atoms with Crippen LogP contribution in [0.5, 0.6) is 0 Å². The average molecular weight is 208 g/mol. The number of carbonyl (C=O) groups is 1. The average Bonchev–Trinajstić information content (AvgIpc) is 2.14. The van der Waals surface area contributed by atoms with E-state index in [1.54, 1.807) is 0 Å². The first-order chi connectivity index (χ1) is 6.31. The van der Waals surface area contributed by atoms with Crippen LogP contribution in [0.25, 0.3) is 0 Å². The van der Waals surface area contributed by atoms with Crippen LogP contribution < -0.4 is 5.32 Å². The normalized spacial score (nSPS) is 10.0. The van der Waals surface area contributed by atoms with Crippen molar-refractivity contribution in [2.24, 2.45) is 0 Å². The molecule has 1 N–H and O–H groups in total. The van der Waals surface area contributed by atoms with Gasteiger partial charge in [0, 0.05) is 19.0 Å². The highest BCUT2D eigenvalue weighted by atomic mass is 35.5. The standard InChI is InChI=1S/C9H18ClNO2/c1-2-13-8-9(12)11-7-5-3-4-6-10/h2-8H2,1H3,(H,11,12). The van der Waals surface area contributed by atoms with Crippen molar-refractivity contribution in [2.75, 3.05) is 25.6 Å². The van der Waals surface area contributed by atoms with Crippen molar-refractivity contribution in [3.8, 4) is 0 Å². The Kier molecular flexibility index (Phi) is 9.59. The summed E-state index contributed by atoms with van der Waals surface area (Å²) in [5, 5.41) is 2.77. The number of amides is 1. The third-order valence-corrected chi connectivity index (χ3v) is 1.84. The molecule has 3 nitrogen and oxygen atoms in total. The predicted molar refractivity (Wildman–Crippen MR) is 54.1 cm³/mol. The van der Waals surface area contributed by atoms with E-state index in [1.807, 2.05) is 6.92 Å². The maximum absolute atomic E-state index is 11.0. The van der Waals surface area contributed by atoms with E-state index < -0.39 is 0 Å². The van der Waals surface area contributed by atoms with Gasteiger partial charge in [-0.25, -0.2) is 0 Å². The minimum atomic E-state index is -0.0345. The van der Waals surface area contributed by atoms with Gasteiger partial charge in [0.15, 0.2) is 0 Å². The van der Waals surface area contributed by atoms with Crippen molar-refractivity contribution in [2.45, 2.75) is 26.2 Å². The molecule has 0 aromatic carbocycles. The highest BCUT2D eigenvalue weighted by Crippen LogP contribution is 1.95. The first-order valence-electron chi connectivity index (χ1n) is 4.71. The van der Waals surface area contributed by atoms with E-state index >= 15 is 0 Å². The zero-order valence-electron chi connectivity index (χ0n) is 8.14. The summed E-state index contributed by atoms with van der Waals surface area (Å²) in [5.74, 6) is 0.667. The van der Waals surface area contributed by atoms with Crippen LogP contribution >= 0.6 is 11.6 Å². The number of carbonyl (C=O) groups excluding carboxylic acids is 1. The van der Waals surface area contributed by atoms with Gasteiger partial charge < -0.3 is 10.1 Å². The lowest BCUT2D eigenvalue weighted by Gasteiger charge is -2.04. The minimum Gasteiger partial charge on any atom is -0.372 e. The second kappa shape index (κ2) is 9.81. The van der Waals surface area contributed by atoms with E-state index in [0.717, 1.165) is 25.8 Å². The van der Waals surface area contributed by atoms with Gasteiger partial charge in [0.2, 0.25) is 5.91 Å². The van der Waals surface area contributed by atoms with Crippen molar-refractivity contribution in [3.05, 3.63) is 0 Å². The number of rotatable bonds is 8. The van der Waals surface area contributed by atoms with Crippen LogP contribution in [-0.2, 0) is 9.53 Å². The summed E-state index contributed by atoms with van der Waals surface area (Å²) in [6, 6.07) is 0. The lowest BCUT2D eigenvalue weighted by Crippen LogP contribution is -2.28. The molecule has 0 aromatic rings. The molecule has 0 unspecified atom stereocenters. The summed E-state index contributed by atoms with van der Waals surface area (Å²) in [5.41, 5.74) is 0. The molecule has 0 rings (SSSR count). The summed E-state index contributed by atoms with van der Waals surface area (Å²) in [7, 11) is 0. The first-order valence-corrected chi connectivity index (χ1v) is 5.25. The van der Waals surface area contributed by atoms with Gasteiger partial charge in [-0.15, -0.1) is 11.6 Å². The molecule has 0 spiro atoms. The van der Waals surface area contributed by atoms with Gasteiger partial charge in [-0.2, -0.15) is 0 Å². The Hall–Kier alpha value is -0.280. The number of unbranched alkanes of at least 4 members (excludes halogenated alkanes) is 2. The fraction of sp³-hybridized carbons (Fsp3) is 0.889. The van der Waals surface area contributed by atoms with Crippen molar-refractivity contribution < 1.29 is 9.53 Å². The summed E-state index contributed by atoms with van der Waals surface area (Å²) < 4.78 is 4.94. The van der Waals surface area contributed by atoms with Gasteiger partial charge in [-0.1, -0.05) is 6.42 Å². The zero-order valence-corrected chi connectivity index (χ0v) is 8.90. The summed E-state index contributed by atoms with van der Waals surface area (Å²) in [4.78, 5) is 11.0. The molecule has 0 radical (unpaired) electrons. The third kappa shape index (κ3) is 9.64. The fourth-order valence-corrected chi connectivity index (χ4v) is 1.06. The molecule has 0 atom stereocenters.